The molecule has 2 aromatic rings. The Morgan fingerprint density at radius 3 is 3.00 bits per heavy atom. The second kappa shape index (κ2) is 4.86. The van der Waals surface area contributed by atoms with Crippen LogP contribution in [0.5, 0.6) is 6.01 Å². The maximum atomic E-state index is 11.9. The number of nitrogens with zero attached hydrogens (tertiary/aromatic N) is 4. The van der Waals surface area contributed by atoms with E-state index < -0.39 is 0 Å². The van der Waals surface area contributed by atoms with Crippen LogP contribution in [-0.4, -0.2) is 37.5 Å². The number of amides is 1. The average molecular weight is 250 g/mol. The summed E-state index contributed by atoms with van der Waals surface area (Å²) in [6, 6.07) is 0.204. The zero-order chi connectivity index (χ0) is 13.1. The van der Waals surface area contributed by atoms with Gasteiger partial charge in [-0.3, -0.25) is 14.8 Å². The van der Waals surface area contributed by atoms with Crippen LogP contribution in [0.3, 0.4) is 0 Å². The first-order chi connectivity index (χ1) is 8.61. The fourth-order valence-corrected chi connectivity index (χ4v) is 1.39. The lowest BCUT2D eigenvalue weighted by molar-refractivity contribution is 0.102. The van der Waals surface area contributed by atoms with Crippen LogP contribution in [0.4, 0.5) is 5.95 Å². The number of aromatic amines is 1. The van der Waals surface area contributed by atoms with Crippen LogP contribution in [-0.2, 0) is 7.05 Å². The van der Waals surface area contributed by atoms with Crippen molar-refractivity contribution in [1.29, 1.82) is 0 Å². The number of nitrogens with one attached hydrogen (secondary N) is 2. The summed E-state index contributed by atoms with van der Waals surface area (Å²) in [5.41, 5.74) is 1.27. The molecule has 18 heavy (non-hydrogen) atoms. The Labute approximate surface area is 103 Å². The number of rotatable bonds is 4. The van der Waals surface area contributed by atoms with Gasteiger partial charge < -0.3 is 4.74 Å². The summed E-state index contributed by atoms with van der Waals surface area (Å²) < 4.78 is 6.71. The largest absolute Gasteiger partial charge is 0.463 e. The molecule has 8 heteroatoms. The summed E-state index contributed by atoms with van der Waals surface area (Å²) in [6.45, 7) is 4.11. The molecule has 0 aliphatic carbocycles. The number of carbonyl (C=O) groups is 1. The zero-order valence-corrected chi connectivity index (χ0v) is 10.4. The van der Waals surface area contributed by atoms with E-state index in [4.69, 9.17) is 4.74 Å². The van der Waals surface area contributed by atoms with Crippen molar-refractivity contribution < 1.29 is 9.53 Å². The van der Waals surface area contributed by atoms with Gasteiger partial charge in [-0.15, -0.1) is 5.10 Å². The summed E-state index contributed by atoms with van der Waals surface area (Å²) in [5.74, 6) is -0.0495. The van der Waals surface area contributed by atoms with Gasteiger partial charge in [0.15, 0.2) is 0 Å². The number of aryl methyl sites for hydroxylation is 1. The molecule has 1 amide bonds. The predicted molar refractivity (Wildman–Crippen MR) is 63.4 cm³/mol. The van der Waals surface area contributed by atoms with E-state index in [9.17, 15) is 4.79 Å². The standard InChI is InChI=1S/C10H14N6O2/c1-4-18-10-13-9(14-15-10)12-8(17)7-5-11-16(3)6(7)2/h5H,4H2,1-3H3,(H2,12,13,14,15,17). The van der Waals surface area contributed by atoms with Gasteiger partial charge >= 0.3 is 6.01 Å². The molecular weight excluding hydrogens is 236 g/mol. The van der Waals surface area contributed by atoms with Crippen molar-refractivity contribution in [3.05, 3.63) is 17.5 Å². The summed E-state index contributed by atoms with van der Waals surface area (Å²) in [5, 5.41) is 12.9. The molecule has 0 radical (unpaired) electrons. The average Bonchev–Trinajstić information content (AvgIpc) is 2.89. The quantitative estimate of drug-likeness (QED) is 0.823. The van der Waals surface area contributed by atoms with Gasteiger partial charge in [0, 0.05) is 12.7 Å². The molecule has 0 bridgehead atoms. The lowest BCUT2D eigenvalue weighted by atomic mass is 10.2. The second-order valence-electron chi connectivity index (χ2n) is 3.62. The normalized spacial score (nSPS) is 10.4. The Hall–Kier alpha value is -2.38. The van der Waals surface area contributed by atoms with E-state index in [1.807, 2.05) is 13.8 Å². The minimum Gasteiger partial charge on any atom is -0.463 e. The molecule has 2 N–H and O–H groups in total. The van der Waals surface area contributed by atoms with Crippen molar-refractivity contribution in [3.63, 3.8) is 0 Å². The summed E-state index contributed by atoms with van der Waals surface area (Å²) >= 11 is 0. The molecule has 2 aromatic heterocycles. The zero-order valence-electron chi connectivity index (χ0n) is 10.4. The van der Waals surface area contributed by atoms with E-state index in [1.54, 1.807) is 11.7 Å². The van der Waals surface area contributed by atoms with Gasteiger partial charge in [0.25, 0.3) is 5.91 Å². The second-order valence-corrected chi connectivity index (χ2v) is 3.62. The van der Waals surface area contributed by atoms with Crippen molar-refractivity contribution in [2.75, 3.05) is 11.9 Å². The summed E-state index contributed by atoms with van der Waals surface area (Å²) in [7, 11) is 1.77. The monoisotopic (exact) mass is 250 g/mol. The lowest BCUT2D eigenvalue weighted by Crippen LogP contribution is -2.14. The van der Waals surface area contributed by atoms with Crippen LogP contribution in [0.2, 0.25) is 0 Å². The number of H-pyrrole nitrogens is 1. The van der Waals surface area contributed by atoms with Gasteiger partial charge in [-0.2, -0.15) is 10.1 Å². The third-order valence-electron chi connectivity index (χ3n) is 2.45. The van der Waals surface area contributed by atoms with E-state index in [0.717, 1.165) is 5.69 Å². The molecule has 0 spiro atoms. The summed E-state index contributed by atoms with van der Waals surface area (Å²) in [6.07, 6.45) is 1.50. The molecule has 2 heterocycles. The minimum absolute atomic E-state index is 0.204. The molecule has 0 aliphatic rings. The first kappa shape index (κ1) is 12.1. The van der Waals surface area contributed by atoms with Crippen LogP contribution in [0.15, 0.2) is 6.20 Å². The highest BCUT2D eigenvalue weighted by Gasteiger charge is 2.14. The highest BCUT2D eigenvalue weighted by molar-refractivity contribution is 6.03. The van der Waals surface area contributed by atoms with Gasteiger partial charge in [-0.1, -0.05) is 0 Å². The Morgan fingerprint density at radius 2 is 2.39 bits per heavy atom. The van der Waals surface area contributed by atoms with Crippen molar-refractivity contribution >= 4 is 11.9 Å². The van der Waals surface area contributed by atoms with Crippen LogP contribution >= 0.6 is 0 Å². The summed E-state index contributed by atoms with van der Waals surface area (Å²) in [4.78, 5) is 15.9. The van der Waals surface area contributed by atoms with Crippen molar-refractivity contribution in [2.24, 2.45) is 7.05 Å². The van der Waals surface area contributed by atoms with Gasteiger partial charge in [0.1, 0.15) is 0 Å². The van der Waals surface area contributed by atoms with Crippen LogP contribution in [0.25, 0.3) is 0 Å². The third-order valence-corrected chi connectivity index (χ3v) is 2.45. The Morgan fingerprint density at radius 1 is 1.61 bits per heavy atom. The fraction of sp³-hybridized carbons (Fsp3) is 0.400. The molecule has 0 fully saturated rings. The third kappa shape index (κ3) is 2.31. The van der Waals surface area contributed by atoms with E-state index in [1.165, 1.54) is 6.20 Å². The SMILES string of the molecule is CCOc1n[nH]c(NC(=O)c2cnn(C)c2C)n1. The highest BCUT2D eigenvalue weighted by atomic mass is 16.5. The van der Waals surface area contributed by atoms with Crippen molar-refractivity contribution in [3.8, 4) is 6.01 Å². The first-order valence-electron chi connectivity index (χ1n) is 5.47. The van der Waals surface area contributed by atoms with Crippen LogP contribution in [0.1, 0.15) is 23.0 Å². The Bertz CT molecular complexity index is 558. The van der Waals surface area contributed by atoms with E-state index >= 15 is 0 Å². The van der Waals surface area contributed by atoms with Crippen molar-refractivity contribution in [2.45, 2.75) is 13.8 Å². The molecule has 8 nitrogen and oxygen atoms in total. The van der Waals surface area contributed by atoms with E-state index in [0.29, 0.717) is 12.2 Å². The van der Waals surface area contributed by atoms with Crippen molar-refractivity contribution in [1.82, 2.24) is 25.0 Å². The molecule has 0 saturated carbocycles. The van der Waals surface area contributed by atoms with Gasteiger partial charge in [-0.05, 0) is 13.8 Å². The molecule has 0 saturated heterocycles. The number of hydrogen-bond donors (Lipinski definition) is 2. The van der Waals surface area contributed by atoms with E-state index in [-0.39, 0.29) is 17.9 Å². The van der Waals surface area contributed by atoms with E-state index in [2.05, 4.69) is 25.6 Å². The predicted octanol–water partition coefficient (Wildman–Crippen LogP) is 0.498. The number of anilines is 1. The molecule has 2 rings (SSSR count). The Kier molecular flexibility index (Phi) is 3.26. The number of carbonyl (C=O) groups excluding carboxylic acids is 1. The first-order valence-corrected chi connectivity index (χ1v) is 5.47. The molecular formula is C10H14N6O2. The smallest absolute Gasteiger partial charge is 0.337 e. The molecule has 0 aromatic carbocycles. The fourth-order valence-electron chi connectivity index (χ4n) is 1.39. The molecule has 96 valence electrons. The van der Waals surface area contributed by atoms with Gasteiger partial charge in [-0.25, -0.2) is 5.10 Å². The number of aromatic nitrogens is 5. The number of ether oxygens (including phenoxy) is 1. The van der Waals surface area contributed by atoms with Crippen LogP contribution in [0, 0.1) is 6.92 Å². The molecule has 0 aliphatic heterocycles. The molecule has 0 unspecified atom stereocenters. The van der Waals surface area contributed by atoms with Gasteiger partial charge in [0.2, 0.25) is 5.95 Å². The maximum Gasteiger partial charge on any atom is 0.337 e. The van der Waals surface area contributed by atoms with Crippen LogP contribution < -0.4 is 10.1 Å². The lowest BCUT2D eigenvalue weighted by Gasteiger charge is -2.00. The Balaban J connectivity index is 2.09. The molecule has 0 atom stereocenters. The van der Waals surface area contributed by atoms with Gasteiger partial charge in [0.05, 0.1) is 18.4 Å². The number of hydrogen-bond acceptors (Lipinski definition) is 5. The highest BCUT2D eigenvalue weighted by Crippen LogP contribution is 2.10. The topological polar surface area (TPSA) is 97.7 Å². The maximum absolute atomic E-state index is 11.9. The minimum atomic E-state index is -0.292.